The highest BCUT2D eigenvalue weighted by Gasteiger charge is 2.18. The summed E-state index contributed by atoms with van der Waals surface area (Å²) >= 11 is 3.56. The van der Waals surface area contributed by atoms with Crippen LogP contribution >= 0.6 is 15.9 Å². The molecule has 0 bridgehead atoms. The third-order valence-electron chi connectivity index (χ3n) is 4.16. The Kier molecular flexibility index (Phi) is 4.62. The predicted octanol–water partition coefficient (Wildman–Crippen LogP) is 4.01. The van der Waals surface area contributed by atoms with E-state index >= 15 is 0 Å². The number of hydrogen-bond acceptors (Lipinski definition) is 4. The number of rotatable bonds is 4. The summed E-state index contributed by atoms with van der Waals surface area (Å²) in [6.07, 6.45) is 3.78. The second kappa shape index (κ2) is 6.65. The number of anilines is 2. The van der Waals surface area contributed by atoms with Gasteiger partial charge in [0.1, 0.15) is 18.0 Å². The molecule has 0 saturated carbocycles. The summed E-state index contributed by atoms with van der Waals surface area (Å²) in [6, 6.07) is 9.01. The van der Waals surface area contributed by atoms with Crippen LogP contribution in [-0.4, -0.2) is 22.6 Å². The highest BCUT2D eigenvalue weighted by Crippen LogP contribution is 2.26. The zero-order valence-corrected chi connectivity index (χ0v) is 14.6. The van der Waals surface area contributed by atoms with Crippen molar-refractivity contribution in [2.24, 2.45) is 0 Å². The monoisotopic (exact) mass is 360 g/mol. The van der Waals surface area contributed by atoms with Crippen molar-refractivity contribution in [3.05, 3.63) is 46.2 Å². The minimum Gasteiger partial charge on any atom is -0.367 e. The first-order valence-electron chi connectivity index (χ1n) is 7.76. The fourth-order valence-electron chi connectivity index (χ4n) is 2.67. The van der Waals surface area contributed by atoms with Gasteiger partial charge in [-0.1, -0.05) is 28.9 Å². The molecule has 1 aromatic carbocycles. The molecule has 0 unspecified atom stereocenters. The molecule has 0 spiro atoms. The highest BCUT2D eigenvalue weighted by molar-refractivity contribution is 9.10. The quantitative estimate of drug-likeness (QED) is 0.893. The van der Waals surface area contributed by atoms with Gasteiger partial charge in [0.25, 0.3) is 0 Å². The fourth-order valence-corrected chi connectivity index (χ4v) is 3.08. The van der Waals surface area contributed by atoms with E-state index in [1.165, 1.54) is 11.1 Å². The van der Waals surface area contributed by atoms with E-state index in [-0.39, 0.29) is 0 Å². The molecule has 116 valence electrons. The summed E-state index contributed by atoms with van der Waals surface area (Å²) in [5.74, 6) is 1.89. The molecule has 1 N–H and O–H groups in total. The molecule has 0 saturated heterocycles. The van der Waals surface area contributed by atoms with E-state index in [1.807, 2.05) is 0 Å². The lowest BCUT2D eigenvalue weighted by Gasteiger charge is -2.30. The topological polar surface area (TPSA) is 41.0 Å². The molecule has 0 amide bonds. The molecular formula is C17H21BrN4. The van der Waals surface area contributed by atoms with E-state index in [2.05, 4.69) is 74.2 Å². The first kappa shape index (κ1) is 15.3. The van der Waals surface area contributed by atoms with Gasteiger partial charge in [0.05, 0.1) is 0 Å². The van der Waals surface area contributed by atoms with Crippen molar-refractivity contribution in [1.82, 2.24) is 9.97 Å². The van der Waals surface area contributed by atoms with Crippen LogP contribution < -0.4 is 10.2 Å². The van der Waals surface area contributed by atoms with E-state index in [0.29, 0.717) is 6.04 Å². The van der Waals surface area contributed by atoms with Crippen LogP contribution in [0.1, 0.15) is 31.4 Å². The fraction of sp³-hybridized carbons (Fsp3) is 0.412. The minimum absolute atomic E-state index is 0.417. The molecule has 4 nitrogen and oxygen atoms in total. The number of fused-ring (bicyclic) bond motifs is 1. The Morgan fingerprint density at radius 3 is 2.95 bits per heavy atom. The highest BCUT2D eigenvalue weighted by atomic mass is 79.9. The Bertz CT molecular complexity index is 659. The molecule has 22 heavy (non-hydrogen) atoms. The first-order chi connectivity index (χ1) is 10.7. The zero-order valence-electron chi connectivity index (χ0n) is 13.0. The van der Waals surface area contributed by atoms with Crippen LogP contribution in [0.15, 0.2) is 35.1 Å². The van der Waals surface area contributed by atoms with E-state index in [0.717, 1.165) is 42.0 Å². The van der Waals surface area contributed by atoms with Gasteiger partial charge < -0.3 is 10.2 Å². The number of nitrogens with zero attached hydrogens (tertiary/aromatic N) is 3. The van der Waals surface area contributed by atoms with Crippen LogP contribution in [0.5, 0.6) is 0 Å². The van der Waals surface area contributed by atoms with Gasteiger partial charge in [0.15, 0.2) is 0 Å². The number of aromatic nitrogens is 2. The number of halogens is 1. The van der Waals surface area contributed by atoms with Gasteiger partial charge in [-0.15, -0.1) is 0 Å². The summed E-state index contributed by atoms with van der Waals surface area (Å²) < 4.78 is 1.13. The van der Waals surface area contributed by atoms with Crippen LogP contribution in [0.25, 0.3) is 0 Å². The predicted molar refractivity (Wildman–Crippen MR) is 94.3 cm³/mol. The molecule has 1 atom stereocenters. The maximum absolute atomic E-state index is 4.45. The average molecular weight is 361 g/mol. The van der Waals surface area contributed by atoms with E-state index in [9.17, 15) is 0 Å². The normalized spacial score (nSPS) is 15.3. The molecule has 0 fully saturated rings. The second-order valence-electron chi connectivity index (χ2n) is 5.80. The molecule has 0 radical (unpaired) electrons. The van der Waals surface area contributed by atoms with Crippen LogP contribution in [0, 0.1) is 0 Å². The lowest BCUT2D eigenvalue weighted by Crippen LogP contribution is -2.31. The Balaban J connectivity index is 1.79. The maximum atomic E-state index is 4.45. The molecule has 5 heteroatoms. The zero-order chi connectivity index (χ0) is 15.5. The SMILES string of the molecule is CC[C@@H](C)Nc1cc(N2CCc3ccc(Br)cc3C2)ncn1. The van der Waals surface area contributed by atoms with Gasteiger partial charge in [-0.05, 0) is 43.0 Å². The summed E-state index contributed by atoms with van der Waals surface area (Å²) in [6.45, 7) is 6.22. The Hall–Kier alpha value is -1.62. The second-order valence-corrected chi connectivity index (χ2v) is 6.72. The van der Waals surface area contributed by atoms with Crippen LogP contribution in [0.4, 0.5) is 11.6 Å². The summed E-state index contributed by atoms with van der Waals surface area (Å²) in [4.78, 5) is 11.1. The van der Waals surface area contributed by atoms with Crippen molar-refractivity contribution in [2.75, 3.05) is 16.8 Å². The lowest BCUT2D eigenvalue weighted by atomic mass is 10.00. The number of benzene rings is 1. The van der Waals surface area contributed by atoms with Crippen LogP contribution in [0.3, 0.4) is 0 Å². The van der Waals surface area contributed by atoms with Crippen molar-refractivity contribution >= 4 is 27.6 Å². The van der Waals surface area contributed by atoms with Gasteiger partial charge in [-0.25, -0.2) is 9.97 Å². The van der Waals surface area contributed by atoms with Crippen molar-refractivity contribution in [3.8, 4) is 0 Å². The van der Waals surface area contributed by atoms with Gasteiger partial charge in [0.2, 0.25) is 0 Å². The Morgan fingerprint density at radius 1 is 1.27 bits per heavy atom. The van der Waals surface area contributed by atoms with Crippen LogP contribution in [-0.2, 0) is 13.0 Å². The molecule has 2 heterocycles. The lowest BCUT2D eigenvalue weighted by molar-refractivity contribution is 0.717. The summed E-state index contributed by atoms with van der Waals surface area (Å²) in [5, 5.41) is 3.41. The third kappa shape index (κ3) is 3.40. The smallest absolute Gasteiger partial charge is 0.134 e. The third-order valence-corrected chi connectivity index (χ3v) is 4.66. The summed E-state index contributed by atoms with van der Waals surface area (Å²) in [7, 11) is 0. The molecule has 1 aromatic heterocycles. The minimum atomic E-state index is 0.417. The van der Waals surface area contributed by atoms with Crippen molar-refractivity contribution in [2.45, 2.75) is 39.3 Å². The van der Waals surface area contributed by atoms with E-state index < -0.39 is 0 Å². The molecule has 2 aromatic rings. The Labute approximate surface area is 140 Å². The van der Waals surface area contributed by atoms with Gasteiger partial charge >= 0.3 is 0 Å². The number of nitrogens with one attached hydrogen (secondary N) is 1. The van der Waals surface area contributed by atoms with E-state index in [1.54, 1.807) is 6.33 Å². The van der Waals surface area contributed by atoms with Crippen molar-refractivity contribution in [1.29, 1.82) is 0 Å². The van der Waals surface area contributed by atoms with Crippen LogP contribution in [0.2, 0.25) is 0 Å². The largest absolute Gasteiger partial charge is 0.367 e. The van der Waals surface area contributed by atoms with E-state index in [4.69, 9.17) is 0 Å². The van der Waals surface area contributed by atoms with Gasteiger partial charge in [-0.3, -0.25) is 0 Å². The Morgan fingerprint density at radius 2 is 2.14 bits per heavy atom. The molecule has 1 aliphatic rings. The van der Waals surface area contributed by atoms with Gasteiger partial charge in [0, 0.05) is 29.7 Å². The molecule has 1 aliphatic heterocycles. The summed E-state index contributed by atoms with van der Waals surface area (Å²) in [5.41, 5.74) is 2.81. The maximum Gasteiger partial charge on any atom is 0.134 e. The standard InChI is InChI=1S/C17H21BrN4/c1-3-12(2)21-16-9-17(20-11-19-16)22-7-6-13-4-5-15(18)8-14(13)10-22/h4-5,8-9,11-12H,3,6-7,10H2,1-2H3,(H,19,20,21)/t12-/m1/s1. The van der Waals surface area contributed by atoms with Gasteiger partial charge in [-0.2, -0.15) is 0 Å². The first-order valence-corrected chi connectivity index (χ1v) is 8.56. The average Bonchev–Trinajstić information content (AvgIpc) is 2.54. The number of hydrogen-bond donors (Lipinski definition) is 1. The van der Waals surface area contributed by atoms with Crippen molar-refractivity contribution < 1.29 is 0 Å². The van der Waals surface area contributed by atoms with Crippen molar-refractivity contribution in [3.63, 3.8) is 0 Å². The molecule has 0 aliphatic carbocycles. The molecule has 3 rings (SSSR count). The molecular weight excluding hydrogens is 340 g/mol.